The summed E-state index contributed by atoms with van der Waals surface area (Å²) in [4.78, 5) is 24.0. The molecule has 0 aromatic rings. The third-order valence-electron chi connectivity index (χ3n) is 5.65. The van der Waals surface area contributed by atoms with Crippen molar-refractivity contribution in [1.82, 2.24) is 0 Å². The minimum Gasteiger partial charge on any atom is -0.455 e. The lowest BCUT2D eigenvalue weighted by atomic mass is 9.80. The molecule has 1 heterocycles. The predicted molar refractivity (Wildman–Crippen MR) is 98.7 cm³/mol. The van der Waals surface area contributed by atoms with Crippen molar-refractivity contribution < 1.29 is 23.5 Å². The molecule has 25 heavy (non-hydrogen) atoms. The summed E-state index contributed by atoms with van der Waals surface area (Å²) in [5.74, 6) is -0.888. The summed E-state index contributed by atoms with van der Waals surface area (Å²) in [6, 6.07) is 0. The second kappa shape index (κ2) is 6.87. The van der Waals surface area contributed by atoms with Crippen LogP contribution in [0.15, 0.2) is 11.6 Å². The van der Waals surface area contributed by atoms with Crippen molar-refractivity contribution in [2.75, 3.05) is 0 Å². The van der Waals surface area contributed by atoms with Gasteiger partial charge < -0.3 is 13.9 Å². The van der Waals surface area contributed by atoms with Crippen LogP contribution in [0.3, 0.4) is 0 Å². The molecular weight excluding hydrogens is 336 g/mol. The van der Waals surface area contributed by atoms with E-state index in [1.54, 1.807) is 0 Å². The Kier molecular flexibility index (Phi) is 5.55. The lowest BCUT2D eigenvalue weighted by Crippen LogP contribution is -2.51. The van der Waals surface area contributed by atoms with Gasteiger partial charge >= 0.3 is 11.9 Å². The molecule has 142 valence electrons. The van der Waals surface area contributed by atoms with Crippen LogP contribution >= 0.6 is 0 Å². The summed E-state index contributed by atoms with van der Waals surface area (Å²) in [5.41, 5.74) is -0.145. The molecule has 0 N–H and O–H groups in total. The minimum absolute atomic E-state index is 0.0544. The molecule has 0 amide bonds. The number of ether oxygens (including phenoxy) is 2. The fraction of sp³-hybridized carbons (Fsp3) is 0.789. The summed E-state index contributed by atoms with van der Waals surface area (Å²) in [7, 11) is -2.05. The van der Waals surface area contributed by atoms with E-state index in [9.17, 15) is 9.59 Å². The van der Waals surface area contributed by atoms with E-state index in [0.29, 0.717) is 12.8 Å². The first kappa shape index (κ1) is 20.2. The van der Waals surface area contributed by atoms with E-state index in [4.69, 9.17) is 13.9 Å². The normalized spacial score (nSPS) is 31.2. The monoisotopic (exact) mass is 368 g/mol. The van der Waals surface area contributed by atoms with Gasteiger partial charge in [0.1, 0.15) is 6.10 Å². The largest absolute Gasteiger partial charge is 0.455 e. The average Bonchev–Trinajstić information content (AvgIpc) is 2.68. The van der Waals surface area contributed by atoms with E-state index in [2.05, 4.69) is 46.9 Å². The smallest absolute Gasteiger partial charge is 0.351 e. The maximum absolute atomic E-state index is 12.5. The Morgan fingerprint density at radius 1 is 1.36 bits per heavy atom. The molecule has 0 aromatic heterocycles. The van der Waals surface area contributed by atoms with Gasteiger partial charge in [-0.25, -0.2) is 4.79 Å². The van der Waals surface area contributed by atoms with Gasteiger partial charge in [-0.1, -0.05) is 40.2 Å². The van der Waals surface area contributed by atoms with Crippen LogP contribution in [-0.4, -0.2) is 38.1 Å². The highest BCUT2D eigenvalue weighted by Crippen LogP contribution is 2.47. The number of rotatable bonds is 5. The number of hydrogen-bond acceptors (Lipinski definition) is 5. The second-order valence-corrected chi connectivity index (χ2v) is 13.5. The van der Waals surface area contributed by atoms with Crippen molar-refractivity contribution in [2.24, 2.45) is 0 Å². The Balaban J connectivity index is 2.36. The molecule has 1 aliphatic carbocycles. The quantitative estimate of drug-likeness (QED) is 0.415. The molecule has 2 aliphatic rings. The van der Waals surface area contributed by atoms with Crippen LogP contribution in [0.1, 0.15) is 60.3 Å². The van der Waals surface area contributed by atoms with Crippen LogP contribution in [0.4, 0.5) is 0 Å². The fourth-order valence-electron chi connectivity index (χ4n) is 3.25. The Morgan fingerprint density at radius 2 is 2.00 bits per heavy atom. The van der Waals surface area contributed by atoms with Crippen molar-refractivity contribution in [1.29, 1.82) is 0 Å². The Morgan fingerprint density at radius 3 is 2.52 bits per heavy atom. The number of unbranched alkanes of at least 4 members (excludes halogenated alkanes) is 1. The molecule has 1 saturated carbocycles. The molecule has 6 heteroatoms. The molecular formula is C19H32O5Si. The molecule has 2 rings (SSSR count). The zero-order valence-electron chi connectivity index (χ0n) is 16.6. The molecule has 2 bridgehead atoms. The predicted octanol–water partition coefficient (Wildman–Crippen LogP) is 4.12. The third kappa shape index (κ3) is 4.00. The molecule has 0 radical (unpaired) electrons. The Labute approximate surface area is 152 Å². The molecule has 0 unspecified atom stereocenters. The summed E-state index contributed by atoms with van der Waals surface area (Å²) >= 11 is 0. The summed E-state index contributed by atoms with van der Waals surface area (Å²) < 4.78 is 17.7. The van der Waals surface area contributed by atoms with Gasteiger partial charge in [0.05, 0.1) is 6.10 Å². The van der Waals surface area contributed by atoms with E-state index < -0.39 is 25.9 Å². The van der Waals surface area contributed by atoms with Crippen molar-refractivity contribution in [2.45, 2.75) is 96.2 Å². The van der Waals surface area contributed by atoms with E-state index in [1.807, 2.05) is 0 Å². The maximum Gasteiger partial charge on any atom is 0.351 e. The molecule has 3 atom stereocenters. The standard InChI is InChI=1S/C19H32O5Si/c1-8-9-10-14-15-11-19(17(21)22-15,23-13(2)20)12-16(14)24-25(6,7)18(3,4)5/h10,15-16H,8-9,11-12H2,1-7H3/t15-,16-,19-/m1/s1. The van der Waals surface area contributed by atoms with Crippen LogP contribution in [0.25, 0.3) is 0 Å². The fourth-order valence-corrected chi connectivity index (χ4v) is 4.54. The molecule has 1 aliphatic heterocycles. The highest BCUT2D eigenvalue weighted by molar-refractivity contribution is 6.74. The maximum atomic E-state index is 12.5. The van der Waals surface area contributed by atoms with Crippen molar-refractivity contribution in [3.05, 3.63) is 11.6 Å². The molecule has 1 saturated heterocycles. The van der Waals surface area contributed by atoms with Crippen LogP contribution in [0, 0.1) is 0 Å². The Bertz CT molecular complexity index is 575. The molecule has 5 nitrogen and oxygen atoms in total. The van der Waals surface area contributed by atoms with Crippen molar-refractivity contribution >= 4 is 20.3 Å². The topological polar surface area (TPSA) is 61.8 Å². The zero-order valence-corrected chi connectivity index (χ0v) is 17.6. The third-order valence-corrected chi connectivity index (χ3v) is 10.1. The lowest BCUT2D eigenvalue weighted by molar-refractivity contribution is -0.172. The zero-order chi connectivity index (χ0) is 19.0. The van der Waals surface area contributed by atoms with E-state index >= 15 is 0 Å². The van der Waals surface area contributed by atoms with E-state index in [-0.39, 0.29) is 17.2 Å². The number of allylic oxidation sites excluding steroid dienone is 1. The van der Waals surface area contributed by atoms with E-state index in [0.717, 1.165) is 18.4 Å². The van der Waals surface area contributed by atoms with Gasteiger partial charge in [-0.15, -0.1) is 0 Å². The van der Waals surface area contributed by atoms with Crippen molar-refractivity contribution in [3.63, 3.8) is 0 Å². The highest BCUT2D eigenvalue weighted by Gasteiger charge is 2.60. The number of fused-ring (bicyclic) bond motifs is 2. The van der Waals surface area contributed by atoms with Crippen LogP contribution < -0.4 is 0 Å². The van der Waals surface area contributed by atoms with Crippen LogP contribution in [-0.2, 0) is 23.5 Å². The first-order chi connectivity index (χ1) is 11.4. The van der Waals surface area contributed by atoms with Crippen LogP contribution in [0.2, 0.25) is 18.1 Å². The van der Waals surface area contributed by atoms with Gasteiger partial charge in [0.15, 0.2) is 8.32 Å². The van der Waals surface area contributed by atoms with Crippen LogP contribution in [0.5, 0.6) is 0 Å². The molecule has 0 aromatic carbocycles. The van der Waals surface area contributed by atoms with E-state index in [1.165, 1.54) is 6.92 Å². The molecule has 2 fully saturated rings. The molecule has 0 spiro atoms. The number of carbonyl (C=O) groups excluding carboxylic acids is 2. The summed E-state index contributed by atoms with van der Waals surface area (Å²) in [6.45, 7) is 14.4. The highest BCUT2D eigenvalue weighted by atomic mass is 28.4. The lowest BCUT2D eigenvalue weighted by Gasteiger charge is -2.43. The van der Waals surface area contributed by atoms with Gasteiger partial charge in [-0.2, -0.15) is 0 Å². The van der Waals surface area contributed by atoms with Gasteiger partial charge in [-0.3, -0.25) is 4.79 Å². The average molecular weight is 369 g/mol. The van der Waals surface area contributed by atoms with Crippen molar-refractivity contribution in [3.8, 4) is 0 Å². The minimum atomic E-state index is -2.05. The van der Waals surface area contributed by atoms with Gasteiger partial charge in [0.25, 0.3) is 0 Å². The number of hydrogen-bond donors (Lipinski definition) is 0. The van der Waals surface area contributed by atoms with Gasteiger partial charge in [0, 0.05) is 19.8 Å². The summed E-state index contributed by atoms with van der Waals surface area (Å²) in [5, 5.41) is 0.0544. The number of esters is 2. The SMILES string of the molecule is CCCC=C1[C@H]2C[C@@](OC(C)=O)(C[C@H]1O[Si](C)(C)C(C)(C)C)C(=O)O2. The summed E-state index contributed by atoms with van der Waals surface area (Å²) in [6.07, 6.45) is 4.26. The first-order valence-electron chi connectivity index (χ1n) is 9.20. The Hall–Kier alpha value is -1.14. The second-order valence-electron chi connectivity index (χ2n) is 8.75. The number of carbonyl (C=O) groups is 2. The van der Waals surface area contributed by atoms with Gasteiger partial charge in [-0.05, 0) is 30.1 Å². The first-order valence-corrected chi connectivity index (χ1v) is 12.1. The van der Waals surface area contributed by atoms with Gasteiger partial charge in [0.2, 0.25) is 5.60 Å².